The second kappa shape index (κ2) is 16.6. The molecule has 2 rings (SSSR count). The van der Waals surface area contributed by atoms with Crippen molar-refractivity contribution in [2.45, 2.75) is 71.1 Å². The van der Waals surface area contributed by atoms with E-state index in [9.17, 15) is 4.79 Å². The fraction of sp³-hybridized carbons (Fsp3) is 0.519. The van der Waals surface area contributed by atoms with Gasteiger partial charge in [-0.1, -0.05) is 104 Å². The number of halogens is 3. The molecule has 6 heteroatoms. The van der Waals surface area contributed by atoms with Gasteiger partial charge in [-0.2, -0.15) is 0 Å². The molecule has 2 aromatic carbocycles. The van der Waals surface area contributed by atoms with Gasteiger partial charge in [-0.3, -0.25) is 0 Å². The van der Waals surface area contributed by atoms with Gasteiger partial charge in [-0.15, -0.1) is 0 Å². The summed E-state index contributed by atoms with van der Waals surface area (Å²) >= 11 is 13.2. The maximum atomic E-state index is 12.7. The zero-order chi connectivity index (χ0) is 23.9. The third-order valence-corrected chi connectivity index (χ3v) is 6.62. The van der Waals surface area contributed by atoms with E-state index < -0.39 is 0 Å². The maximum Gasteiger partial charge on any atom is 0.338 e. The van der Waals surface area contributed by atoms with E-state index in [2.05, 4.69) is 38.8 Å². The first-order chi connectivity index (χ1) is 16.1. The summed E-state index contributed by atoms with van der Waals surface area (Å²) in [5.74, 6) is 0.366. The highest BCUT2D eigenvalue weighted by atomic mass is 79.9. The van der Waals surface area contributed by atoms with Crippen LogP contribution in [0.1, 0.15) is 81.5 Å². The molecule has 33 heavy (non-hydrogen) atoms. The van der Waals surface area contributed by atoms with Crippen LogP contribution in [0, 0.1) is 0 Å². The Labute approximate surface area is 220 Å². The molecule has 0 spiro atoms. The van der Waals surface area contributed by atoms with Gasteiger partial charge in [0, 0.05) is 15.9 Å². The van der Waals surface area contributed by atoms with Crippen LogP contribution in [0.15, 0.2) is 40.9 Å². The largest absolute Gasteiger partial charge is 0.491 e. The zero-order valence-corrected chi connectivity index (χ0v) is 23.4. The van der Waals surface area contributed by atoms with Gasteiger partial charge in [0.05, 0.1) is 23.2 Å². The Kier molecular flexibility index (Phi) is 14.2. The molecule has 0 aliphatic heterocycles. The lowest BCUT2D eigenvalue weighted by Gasteiger charge is -2.15. The first-order valence-corrected chi connectivity index (χ1v) is 14.3. The molecule has 0 atom stereocenters. The van der Waals surface area contributed by atoms with Crippen molar-refractivity contribution >= 4 is 49.4 Å². The van der Waals surface area contributed by atoms with Crippen LogP contribution in [-0.2, 0) is 4.74 Å². The first-order valence-electron chi connectivity index (χ1n) is 12.0. The molecule has 2 aromatic rings. The topological polar surface area (TPSA) is 35.5 Å². The molecular formula is C27H35Br2ClO3. The molecule has 0 N–H and O–H groups in total. The summed E-state index contributed by atoms with van der Waals surface area (Å²) in [5.41, 5.74) is 2.19. The quantitative estimate of drug-likeness (QED) is 0.109. The Hall–Kier alpha value is -1.04. The SMILES string of the molecule is CCCCCCCCCCCCOC(=O)c1cc(Br)c(OCCBr)c(-c2cccc(Cl)c2)c1. The molecule has 0 heterocycles. The van der Waals surface area contributed by atoms with Crippen molar-refractivity contribution in [3.8, 4) is 16.9 Å². The van der Waals surface area contributed by atoms with E-state index in [0.29, 0.717) is 39.4 Å². The number of rotatable bonds is 16. The average Bonchev–Trinajstić information content (AvgIpc) is 2.81. The van der Waals surface area contributed by atoms with Crippen molar-refractivity contribution in [2.75, 3.05) is 18.5 Å². The number of hydrogen-bond acceptors (Lipinski definition) is 3. The summed E-state index contributed by atoms with van der Waals surface area (Å²) < 4.78 is 12.2. The van der Waals surface area contributed by atoms with Crippen molar-refractivity contribution in [3.05, 3.63) is 51.5 Å². The lowest BCUT2D eigenvalue weighted by atomic mass is 10.0. The van der Waals surface area contributed by atoms with Crippen LogP contribution in [0.5, 0.6) is 5.75 Å². The number of hydrogen-bond donors (Lipinski definition) is 0. The van der Waals surface area contributed by atoms with E-state index in [1.807, 2.05) is 30.3 Å². The van der Waals surface area contributed by atoms with E-state index in [-0.39, 0.29) is 5.97 Å². The number of carbonyl (C=O) groups excluding carboxylic acids is 1. The van der Waals surface area contributed by atoms with E-state index in [0.717, 1.165) is 24.0 Å². The zero-order valence-electron chi connectivity index (χ0n) is 19.5. The third-order valence-electron chi connectivity index (χ3n) is 5.47. The van der Waals surface area contributed by atoms with Crippen molar-refractivity contribution in [1.29, 1.82) is 0 Å². The summed E-state index contributed by atoms with van der Waals surface area (Å²) in [6.07, 6.45) is 12.5. The lowest BCUT2D eigenvalue weighted by molar-refractivity contribution is 0.0497. The predicted molar refractivity (Wildman–Crippen MR) is 146 cm³/mol. The first kappa shape index (κ1) is 28.2. The molecule has 0 aromatic heterocycles. The van der Waals surface area contributed by atoms with Gasteiger partial charge >= 0.3 is 5.97 Å². The molecule has 0 bridgehead atoms. The van der Waals surface area contributed by atoms with Gasteiger partial charge < -0.3 is 9.47 Å². The molecule has 0 aliphatic rings. The molecule has 0 aliphatic carbocycles. The highest BCUT2D eigenvalue weighted by Crippen LogP contribution is 2.39. The van der Waals surface area contributed by atoms with E-state index in [1.165, 1.54) is 51.4 Å². The fourth-order valence-electron chi connectivity index (χ4n) is 3.71. The summed E-state index contributed by atoms with van der Waals surface area (Å²) in [6, 6.07) is 11.1. The standard InChI is InChI=1S/C27H35Br2ClO3/c1-2-3-4-5-6-7-8-9-10-11-16-33-27(31)22-19-24(21-13-12-14-23(30)18-21)26(25(29)20-22)32-17-15-28/h12-14,18-20H,2-11,15-17H2,1H3. The van der Waals surface area contributed by atoms with Crippen molar-refractivity contribution in [1.82, 2.24) is 0 Å². The number of benzene rings is 2. The van der Waals surface area contributed by atoms with Gasteiger partial charge in [-0.05, 0) is 52.2 Å². The Bertz CT molecular complexity index is 857. The average molecular weight is 603 g/mol. The molecule has 0 amide bonds. The molecule has 0 saturated heterocycles. The van der Waals surface area contributed by atoms with Gasteiger partial charge in [-0.25, -0.2) is 4.79 Å². The minimum absolute atomic E-state index is 0.318. The number of carbonyl (C=O) groups is 1. The van der Waals surface area contributed by atoms with Crippen LogP contribution in [0.2, 0.25) is 5.02 Å². The lowest BCUT2D eigenvalue weighted by Crippen LogP contribution is -2.08. The van der Waals surface area contributed by atoms with E-state index >= 15 is 0 Å². The van der Waals surface area contributed by atoms with Crippen LogP contribution in [-0.4, -0.2) is 24.5 Å². The van der Waals surface area contributed by atoms with Crippen LogP contribution < -0.4 is 4.74 Å². The summed E-state index contributed by atoms with van der Waals surface area (Å²) in [7, 11) is 0. The Morgan fingerprint density at radius 2 is 1.58 bits per heavy atom. The molecule has 0 unspecified atom stereocenters. The smallest absolute Gasteiger partial charge is 0.338 e. The van der Waals surface area contributed by atoms with E-state index in [4.69, 9.17) is 21.1 Å². The number of esters is 1. The van der Waals surface area contributed by atoms with Gasteiger partial charge in [0.25, 0.3) is 0 Å². The van der Waals surface area contributed by atoms with Crippen molar-refractivity contribution < 1.29 is 14.3 Å². The second-order valence-corrected chi connectivity index (χ2v) is 10.3. The number of alkyl halides is 1. The molecule has 3 nitrogen and oxygen atoms in total. The van der Waals surface area contributed by atoms with Crippen LogP contribution >= 0.6 is 43.5 Å². The van der Waals surface area contributed by atoms with E-state index in [1.54, 1.807) is 6.07 Å². The predicted octanol–water partition coefficient (Wildman–Crippen LogP) is 9.62. The normalized spacial score (nSPS) is 10.9. The highest BCUT2D eigenvalue weighted by molar-refractivity contribution is 9.10. The highest BCUT2D eigenvalue weighted by Gasteiger charge is 2.17. The maximum absolute atomic E-state index is 12.7. The van der Waals surface area contributed by atoms with Gasteiger partial charge in [0.2, 0.25) is 0 Å². The molecule has 0 radical (unpaired) electrons. The number of ether oxygens (including phenoxy) is 2. The molecule has 0 fully saturated rings. The fourth-order valence-corrected chi connectivity index (χ4v) is 4.63. The number of unbranched alkanes of at least 4 members (excludes halogenated alkanes) is 9. The summed E-state index contributed by atoms with van der Waals surface area (Å²) in [6.45, 7) is 3.20. The second-order valence-electron chi connectivity index (χ2n) is 8.20. The Morgan fingerprint density at radius 1 is 0.909 bits per heavy atom. The minimum Gasteiger partial charge on any atom is -0.491 e. The van der Waals surface area contributed by atoms with Gasteiger partial charge in [0.15, 0.2) is 0 Å². The van der Waals surface area contributed by atoms with Gasteiger partial charge in [0.1, 0.15) is 5.75 Å². The van der Waals surface area contributed by atoms with Crippen LogP contribution in [0.3, 0.4) is 0 Å². The van der Waals surface area contributed by atoms with Crippen LogP contribution in [0.25, 0.3) is 11.1 Å². The monoisotopic (exact) mass is 600 g/mol. The Morgan fingerprint density at radius 3 is 2.21 bits per heavy atom. The Balaban J connectivity index is 1.88. The molecular weight excluding hydrogens is 568 g/mol. The van der Waals surface area contributed by atoms with Crippen molar-refractivity contribution in [2.24, 2.45) is 0 Å². The van der Waals surface area contributed by atoms with Crippen LogP contribution in [0.4, 0.5) is 0 Å². The van der Waals surface area contributed by atoms with Crippen molar-refractivity contribution in [3.63, 3.8) is 0 Å². The third kappa shape index (κ3) is 10.4. The molecule has 0 saturated carbocycles. The summed E-state index contributed by atoms with van der Waals surface area (Å²) in [4.78, 5) is 12.7. The minimum atomic E-state index is -0.318. The summed E-state index contributed by atoms with van der Waals surface area (Å²) in [5, 5.41) is 1.33. The molecule has 182 valence electrons.